The van der Waals surface area contributed by atoms with E-state index in [0.717, 1.165) is 50.3 Å². The highest BCUT2D eigenvalue weighted by Crippen LogP contribution is 2.48. The number of aryl methyl sites for hydroxylation is 1. The highest BCUT2D eigenvalue weighted by molar-refractivity contribution is 7.22. The third-order valence-electron chi connectivity index (χ3n) is 6.35. The number of pyridine rings is 1. The molecule has 6 rings (SSSR count). The first-order valence-corrected chi connectivity index (χ1v) is 12.4. The summed E-state index contributed by atoms with van der Waals surface area (Å²) in [5.74, 6) is 2.47. The molecule has 1 aromatic carbocycles. The summed E-state index contributed by atoms with van der Waals surface area (Å²) < 4.78 is 12.8. The number of imidazole rings is 1. The molecular weight excluding hydrogens is 472 g/mol. The lowest BCUT2D eigenvalue weighted by atomic mass is 9.93. The minimum atomic E-state index is 0.214. The fourth-order valence-corrected chi connectivity index (χ4v) is 5.55. The molecule has 1 aliphatic rings. The van der Waals surface area contributed by atoms with Crippen molar-refractivity contribution in [3.63, 3.8) is 0 Å². The van der Waals surface area contributed by atoms with E-state index in [0.29, 0.717) is 23.3 Å². The normalized spacial score (nSPS) is 15.2. The van der Waals surface area contributed by atoms with Crippen molar-refractivity contribution in [3.05, 3.63) is 61.1 Å². The number of rotatable bonds is 6. The minimum absolute atomic E-state index is 0.214. The summed E-state index contributed by atoms with van der Waals surface area (Å²) in [6, 6.07) is 14.3. The van der Waals surface area contributed by atoms with Crippen molar-refractivity contribution in [1.82, 2.24) is 24.5 Å². The van der Waals surface area contributed by atoms with Gasteiger partial charge in [0.2, 0.25) is 5.88 Å². The Morgan fingerprint density at radius 3 is 2.56 bits per heavy atom. The van der Waals surface area contributed by atoms with Crippen LogP contribution >= 0.6 is 11.3 Å². The van der Waals surface area contributed by atoms with Gasteiger partial charge in [-0.25, -0.2) is 24.9 Å². The number of aliphatic imine (C=N–C) groups is 1. The monoisotopic (exact) mass is 496 g/mol. The number of methoxy groups -OCH3 is 2. The number of benzene rings is 1. The number of ether oxygens (including phenoxy) is 2. The molecule has 1 aliphatic carbocycles. The maximum Gasteiger partial charge on any atom is 0.213 e. The summed E-state index contributed by atoms with van der Waals surface area (Å²) in [6.45, 7) is 0. The fourth-order valence-electron chi connectivity index (χ4n) is 4.36. The van der Waals surface area contributed by atoms with Gasteiger partial charge >= 0.3 is 0 Å². The van der Waals surface area contributed by atoms with Crippen LogP contribution in [-0.2, 0) is 11.8 Å². The molecule has 0 spiro atoms. The molecule has 0 saturated heterocycles. The summed E-state index contributed by atoms with van der Waals surface area (Å²) in [7, 11) is 5.31. The van der Waals surface area contributed by atoms with Crippen molar-refractivity contribution in [2.75, 3.05) is 14.2 Å². The first-order chi connectivity index (χ1) is 17.6. The van der Waals surface area contributed by atoms with Crippen LogP contribution in [0.25, 0.3) is 43.4 Å². The first-order valence-electron chi connectivity index (χ1n) is 11.6. The van der Waals surface area contributed by atoms with Crippen LogP contribution in [0, 0.1) is 0 Å². The minimum Gasteiger partial charge on any atom is -0.481 e. The molecule has 0 atom stereocenters. The van der Waals surface area contributed by atoms with Crippen LogP contribution in [0.3, 0.4) is 0 Å². The van der Waals surface area contributed by atoms with E-state index in [1.165, 1.54) is 0 Å². The van der Waals surface area contributed by atoms with Gasteiger partial charge in [0.1, 0.15) is 4.83 Å². The molecule has 8 nitrogen and oxygen atoms in total. The molecule has 1 saturated carbocycles. The molecule has 0 amide bonds. The molecule has 180 valence electrons. The van der Waals surface area contributed by atoms with Crippen molar-refractivity contribution >= 4 is 33.1 Å². The summed E-state index contributed by atoms with van der Waals surface area (Å²) >= 11 is 1.61. The van der Waals surface area contributed by atoms with Gasteiger partial charge in [-0.1, -0.05) is 30.3 Å². The Hall–Kier alpha value is -3.95. The van der Waals surface area contributed by atoms with E-state index in [-0.39, 0.29) is 6.10 Å². The van der Waals surface area contributed by atoms with Crippen LogP contribution < -0.4 is 4.74 Å². The van der Waals surface area contributed by atoms with Crippen LogP contribution in [0.2, 0.25) is 0 Å². The van der Waals surface area contributed by atoms with Crippen LogP contribution in [0.5, 0.6) is 5.88 Å². The average molecular weight is 497 g/mol. The number of nitrogens with zero attached hydrogens (tertiary/aromatic N) is 6. The van der Waals surface area contributed by atoms with E-state index in [1.54, 1.807) is 38.0 Å². The topological polar surface area (TPSA) is 87.3 Å². The number of fused-ring (bicyclic) bond motifs is 1. The molecule has 5 aromatic rings. The summed E-state index contributed by atoms with van der Waals surface area (Å²) in [5.41, 5.74) is 4.21. The maximum atomic E-state index is 5.47. The van der Waals surface area contributed by atoms with Gasteiger partial charge in [-0.05, 0) is 17.2 Å². The molecule has 0 bridgehead atoms. The Morgan fingerprint density at radius 2 is 1.83 bits per heavy atom. The standard InChI is InChI=1S/C27H24N6O2S/c1-33-12-11-29-26(33)25-31-24(30-18-14-19(15-18)34-2)22-21(16-7-5-4-6-8-16)23(36-27(22)32-25)17-9-10-28-20(13-17)35-3/h4-13,19H,14-15H2,1-3H3. The lowest BCUT2D eigenvalue weighted by molar-refractivity contribution is 0.0951. The van der Waals surface area contributed by atoms with Crippen LogP contribution in [-0.4, -0.2) is 50.5 Å². The molecular formula is C27H24N6O2S. The molecule has 0 radical (unpaired) electrons. The van der Waals surface area contributed by atoms with Crippen molar-refractivity contribution in [1.29, 1.82) is 0 Å². The smallest absolute Gasteiger partial charge is 0.213 e. The Bertz CT molecular complexity index is 1580. The van der Waals surface area contributed by atoms with E-state index >= 15 is 0 Å². The second kappa shape index (κ2) is 9.25. The van der Waals surface area contributed by atoms with Gasteiger partial charge in [0.25, 0.3) is 0 Å². The van der Waals surface area contributed by atoms with Gasteiger partial charge in [0.05, 0.1) is 18.6 Å². The Morgan fingerprint density at radius 1 is 1.00 bits per heavy atom. The fraction of sp³-hybridized carbons (Fsp3) is 0.222. The van der Waals surface area contributed by atoms with Gasteiger partial charge in [0.15, 0.2) is 17.5 Å². The highest BCUT2D eigenvalue weighted by atomic mass is 32.1. The lowest BCUT2D eigenvalue weighted by Crippen LogP contribution is -2.30. The Kier molecular flexibility index (Phi) is 5.79. The lowest BCUT2D eigenvalue weighted by Gasteiger charge is -2.26. The van der Waals surface area contributed by atoms with Crippen molar-refractivity contribution in [2.24, 2.45) is 12.0 Å². The summed E-state index contributed by atoms with van der Waals surface area (Å²) in [6.07, 6.45) is 7.23. The Labute approximate surface area is 212 Å². The van der Waals surface area contributed by atoms with Gasteiger partial charge in [0, 0.05) is 67.8 Å². The van der Waals surface area contributed by atoms with Crippen molar-refractivity contribution < 1.29 is 9.47 Å². The molecule has 4 aromatic heterocycles. The zero-order chi connectivity index (χ0) is 24.6. The third kappa shape index (κ3) is 3.96. The number of hydrogen-bond donors (Lipinski definition) is 0. The van der Waals surface area contributed by atoms with E-state index in [1.807, 2.05) is 48.1 Å². The van der Waals surface area contributed by atoms with Gasteiger partial charge in [-0.2, -0.15) is 0 Å². The average Bonchev–Trinajstić information content (AvgIpc) is 3.50. The molecule has 9 heteroatoms. The van der Waals surface area contributed by atoms with Gasteiger partial charge < -0.3 is 14.0 Å². The van der Waals surface area contributed by atoms with Crippen LogP contribution in [0.4, 0.5) is 5.82 Å². The van der Waals surface area contributed by atoms with Gasteiger partial charge in [-0.3, -0.25) is 0 Å². The molecule has 0 unspecified atom stereocenters. The zero-order valence-corrected chi connectivity index (χ0v) is 21.0. The number of hydrogen-bond acceptors (Lipinski definition) is 8. The van der Waals surface area contributed by atoms with E-state index in [9.17, 15) is 0 Å². The van der Waals surface area contributed by atoms with Crippen molar-refractivity contribution in [2.45, 2.75) is 18.9 Å². The zero-order valence-electron chi connectivity index (χ0n) is 20.2. The molecule has 0 N–H and O–H groups in total. The highest BCUT2D eigenvalue weighted by Gasteiger charge is 2.27. The second-order valence-corrected chi connectivity index (χ2v) is 9.61. The summed E-state index contributed by atoms with van der Waals surface area (Å²) in [5, 5.41) is 0.934. The van der Waals surface area contributed by atoms with E-state index < -0.39 is 0 Å². The largest absolute Gasteiger partial charge is 0.481 e. The quantitative estimate of drug-likeness (QED) is 0.299. The van der Waals surface area contributed by atoms with E-state index in [2.05, 4.69) is 22.1 Å². The van der Waals surface area contributed by atoms with Crippen LogP contribution in [0.15, 0.2) is 66.0 Å². The Balaban J connectivity index is 1.65. The van der Waals surface area contributed by atoms with Crippen LogP contribution in [0.1, 0.15) is 12.8 Å². The second-order valence-electron chi connectivity index (χ2n) is 8.62. The SMILES string of the molecule is COc1cc(-c2sc3nc(-c4nccn4C)nc(N=C4CC(OC)C4)c3c2-c2ccccc2)ccn1. The maximum absolute atomic E-state index is 5.47. The third-order valence-corrected chi connectivity index (χ3v) is 7.48. The van der Waals surface area contributed by atoms with Crippen molar-refractivity contribution in [3.8, 4) is 39.1 Å². The molecule has 1 fully saturated rings. The van der Waals surface area contributed by atoms with Gasteiger partial charge in [-0.15, -0.1) is 11.3 Å². The number of thiophene rings is 1. The molecule has 36 heavy (non-hydrogen) atoms. The molecule has 4 heterocycles. The summed E-state index contributed by atoms with van der Waals surface area (Å²) in [4.78, 5) is 25.7. The predicted molar refractivity (Wildman–Crippen MR) is 142 cm³/mol. The predicted octanol–water partition coefficient (Wildman–Crippen LogP) is 5.71. The number of aromatic nitrogens is 5. The first kappa shape index (κ1) is 22.5. The molecule has 0 aliphatic heterocycles. The van der Waals surface area contributed by atoms with E-state index in [4.69, 9.17) is 24.4 Å².